The summed E-state index contributed by atoms with van der Waals surface area (Å²) in [7, 11) is 0. The summed E-state index contributed by atoms with van der Waals surface area (Å²) < 4.78 is 5.94. The van der Waals surface area contributed by atoms with Crippen LogP contribution in [0.15, 0.2) is 241 Å². The quantitative estimate of drug-likeness (QED) is 0.156. The van der Waals surface area contributed by atoms with Gasteiger partial charge in [-0.25, -0.2) is 9.97 Å². The number of benzene rings is 11. The van der Waals surface area contributed by atoms with Crippen molar-refractivity contribution in [3.63, 3.8) is 0 Å². The molecule has 0 N–H and O–H groups in total. The van der Waals surface area contributed by atoms with Gasteiger partial charge >= 0.3 is 0 Å². The van der Waals surface area contributed by atoms with Crippen LogP contribution in [0.2, 0.25) is 0 Å². The first-order valence-corrected chi connectivity index (χ1v) is 23.1. The fourth-order valence-electron chi connectivity index (χ4n) is 10.4. The molecule has 3 aromatic heterocycles. The number of fused-ring (bicyclic) bond motifs is 11. The molecule has 0 radical (unpaired) electrons. The molecule has 0 unspecified atom stereocenters. The highest BCUT2D eigenvalue weighted by atomic mass is 16.3. The van der Waals surface area contributed by atoms with E-state index < -0.39 is 0 Å². The largest absolute Gasteiger partial charge is 0.419 e. The van der Waals surface area contributed by atoms with E-state index >= 15 is 0 Å². The standard InChI is InChI=1S/C64H39N3O/c1-3-8-57-41(6-1)11-17-51-34-47(23-29-59(51)57)43-13-15-49-36-55(27-21-45(49)32-43)67(54-25-19-40(20-26-54)53-38-62-61-10-5-31-65-63(61)68-64(62)66-39-53)56-28-22-46-33-44(14-16-50(46)37-56)48-24-30-60-52(35-48)18-12-42-7-2-4-9-58(42)60/h1-39H. The molecule has 3 heterocycles. The molecule has 0 atom stereocenters. The van der Waals surface area contributed by atoms with Gasteiger partial charge in [0.25, 0.3) is 0 Å². The average Bonchev–Trinajstić information content (AvgIpc) is 3.78. The van der Waals surface area contributed by atoms with Crippen LogP contribution in [0.3, 0.4) is 0 Å². The van der Waals surface area contributed by atoms with E-state index in [2.05, 4.69) is 227 Å². The van der Waals surface area contributed by atoms with Gasteiger partial charge in [0.05, 0.1) is 5.39 Å². The normalized spacial score (nSPS) is 11.8. The van der Waals surface area contributed by atoms with Crippen LogP contribution < -0.4 is 4.90 Å². The molecule has 0 bridgehead atoms. The molecule has 0 saturated carbocycles. The number of hydrogen-bond donors (Lipinski definition) is 0. The molecule has 0 amide bonds. The van der Waals surface area contributed by atoms with Crippen molar-refractivity contribution in [2.45, 2.75) is 0 Å². The lowest BCUT2D eigenvalue weighted by Gasteiger charge is -2.26. The van der Waals surface area contributed by atoms with Crippen molar-refractivity contribution in [2.75, 3.05) is 4.90 Å². The Bertz CT molecular complexity index is 4140. The summed E-state index contributed by atoms with van der Waals surface area (Å²) in [5, 5.41) is 16.8. The monoisotopic (exact) mass is 865 g/mol. The van der Waals surface area contributed by atoms with Crippen LogP contribution in [0.4, 0.5) is 17.1 Å². The SMILES string of the molecule is c1ccc2c(c1)ccc1cc(-c3ccc4cc(N(c5ccc(-c6cnc7oc8ncccc8c7c6)cc5)c5ccc6cc(-c7ccc8c(ccc9ccccc98)c7)ccc6c5)ccc4c3)ccc12. The molecule has 0 aliphatic carbocycles. The Kier molecular flexibility index (Phi) is 8.55. The summed E-state index contributed by atoms with van der Waals surface area (Å²) in [4.78, 5) is 11.5. The number of nitrogens with zero attached hydrogens (tertiary/aromatic N) is 3. The van der Waals surface area contributed by atoms with Crippen molar-refractivity contribution in [3.05, 3.63) is 237 Å². The molecule has 0 aliphatic rings. The third-order valence-corrected chi connectivity index (χ3v) is 13.9. The third kappa shape index (κ3) is 6.38. The molecule has 68 heavy (non-hydrogen) atoms. The van der Waals surface area contributed by atoms with E-state index in [0.717, 1.165) is 39.0 Å². The van der Waals surface area contributed by atoms with E-state index in [1.165, 1.54) is 86.9 Å². The van der Waals surface area contributed by atoms with Crippen LogP contribution in [-0.2, 0) is 0 Å². The summed E-state index contributed by atoms with van der Waals surface area (Å²) in [5.74, 6) is 0. The summed E-state index contributed by atoms with van der Waals surface area (Å²) in [6.07, 6.45) is 3.63. The van der Waals surface area contributed by atoms with Crippen LogP contribution in [0.1, 0.15) is 0 Å². The van der Waals surface area contributed by atoms with E-state index in [4.69, 9.17) is 4.42 Å². The highest BCUT2D eigenvalue weighted by Crippen LogP contribution is 2.41. The lowest BCUT2D eigenvalue weighted by atomic mass is 9.96. The smallest absolute Gasteiger partial charge is 0.229 e. The van der Waals surface area contributed by atoms with Gasteiger partial charge in [-0.2, -0.15) is 0 Å². The van der Waals surface area contributed by atoms with Gasteiger partial charge in [0, 0.05) is 40.4 Å². The average molecular weight is 866 g/mol. The Labute approximate surface area is 391 Å². The third-order valence-electron chi connectivity index (χ3n) is 13.9. The Morgan fingerprint density at radius 3 is 1.29 bits per heavy atom. The molecule has 0 aliphatic heterocycles. The zero-order chi connectivity index (χ0) is 44.7. The van der Waals surface area contributed by atoms with Crippen LogP contribution in [-0.4, -0.2) is 9.97 Å². The van der Waals surface area contributed by atoms with Gasteiger partial charge in [-0.15, -0.1) is 0 Å². The Balaban J connectivity index is 0.842. The Morgan fingerprint density at radius 1 is 0.265 bits per heavy atom. The number of furan rings is 1. The van der Waals surface area contributed by atoms with Crippen molar-refractivity contribution in [1.29, 1.82) is 0 Å². The predicted octanol–water partition coefficient (Wildman–Crippen LogP) is 17.8. The minimum Gasteiger partial charge on any atom is -0.419 e. The van der Waals surface area contributed by atoms with Gasteiger partial charge in [0.2, 0.25) is 11.4 Å². The maximum atomic E-state index is 5.94. The maximum absolute atomic E-state index is 5.94. The number of hydrogen-bond acceptors (Lipinski definition) is 4. The summed E-state index contributed by atoms with van der Waals surface area (Å²) in [5.41, 5.74) is 11.3. The van der Waals surface area contributed by atoms with Gasteiger partial charge in [-0.3, -0.25) is 0 Å². The van der Waals surface area contributed by atoms with Gasteiger partial charge < -0.3 is 9.32 Å². The molecule has 4 heteroatoms. The second-order valence-corrected chi connectivity index (χ2v) is 17.9. The Hall–Kier alpha value is -9.12. The summed E-state index contributed by atoms with van der Waals surface area (Å²) >= 11 is 0. The molecular formula is C64H39N3O. The number of anilines is 3. The number of rotatable bonds is 6. The van der Waals surface area contributed by atoms with Crippen molar-refractivity contribution in [3.8, 4) is 33.4 Å². The first-order chi connectivity index (χ1) is 33.6. The fraction of sp³-hybridized carbons (Fsp3) is 0. The molecule has 0 spiro atoms. The van der Waals surface area contributed by atoms with E-state index in [0.29, 0.717) is 11.4 Å². The van der Waals surface area contributed by atoms with Crippen LogP contribution in [0.25, 0.3) is 120 Å². The molecule has 0 saturated heterocycles. The van der Waals surface area contributed by atoms with E-state index in [1.807, 2.05) is 18.3 Å². The van der Waals surface area contributed by atoms with Gasteiger partial charge in [-0.1, -0.05) is 146 Å². The minimum absolute atomic E-state index is 0.592. The Morgan fingerprint density at radius 2 is 0.691 bits per heavy atom. The second kappa shape index (κ2) is 15.2. The molecule has 11 aromatic carbocycles. The molecule has 316 valence electrons. The maximum Gasteiger partial charge on any atom is 0.229 e. The molecule has 14 aromatic rings. The molecule has 14 rings (SSSR count). The molecule has 4 nitrogen and oxygen atoms in total. The number of pyridine rings is 2. The van der Waals surface area contributed by atoms with Crippen molar-refractivity contribution in [1.82, 2.24) is 9.97 Å². The zero-order valence-electron chi connectivity index (χ0n) is 36.8. The van der Waals surface area contributed by atoms with Gasteiger partial charge in [0.15, 0.2) is 0 Å². The van der Waals surface area contributed by atoms with Gasteiger partial charge in [-0.05, 0) is 171 Å². The van der Waals surface area contributed by atoms with Gasteiger partial charge in [0.1, 0.15) is 0 Å². The lowest BCUT2D eigenvalue weighted by molar-refractivity contribution is 0.640. The van der Waals surface area contributed by atoms with Crippen molar-refractivity contribution < 1.29 is 4.42 Å². The topological polar surface area (TPSA) is 42.2 Å². The highest BCUT2D eigenvalue weighted by molar-refractivity contribution is 6.10. The summed E-state index contributed by atoms with van der Waals surface area (Å²) in [6.45, 7) is 0. The van der Waals surface area contributed by atoms with E-state index in [9.17, 15) is 0 Å². The van der Waals surface area contributed by atoms with Crippen LogP contribution in [0, 0.1) is 0 Å². The first-order valence-electron chi connectivity index (χ1n) is 23.1. The molecule has 0 fully saturated rings. The van der Waals surface area contributed by atoms with Crippen molar-refractivity contribution in [2.24, 2.45) is 0 Å². The lowest BCUT2D eigenvalue weighted by Crippen LogP contribution is -2.10. The second-order valence-electron chi connectivity index (χ2n) is 17.9. The fourth-order valence-corrected chi connectivity index (χ4v) is 10.4. The zero-order valence-corrected chi connectivity index (χ0v) is 36.8. The predicted molar refractivity (Wildman–Crippen MR) is 285 cm³/mol. The molecular weight excluding hydrogens is 827 g/mol. The first kappa shape index (κ1) is 38.2. The van der Waals surface area contributed by atoms with E-state index in [1.54, 1.807) is 6.20 Å². The number of aromatic nitrogens is 2. The van der Waals surface area contributed by atoms with Crippen LogP contribution >= 0.6 is 0 Å². The summed E-state index contributed by atoms with van der Waals surface area (Å²) in [6, 6.07) is 82.0. The minimum atomic E-state index is 0.592. The highest BCUT2D eigenvalue weighted by Gasteiger charge is 2.17. The van der Waals surface area contributed by atoms with Crippen molar-refractivity contribution >= 4 is 104 Å². The van der Waals surface area contributed by atoms with Crippen LogP contribution in [0.5, 0.6) is 0 Å². The van der Waals surface area contributed by atoms with E-state index in [-0.39, 0.29) is 0 Å².